The van der Waals surface area contributed by atoms with E-state index in [-0.39, 0.29) is 30.0 Å². The molecule has 0 radical (unpaired) electrons. The maximum absolute atomic E-state index is 13.8. The van der Waals surface area contributed by atoms with Crippen LogP contribution in [0.1, 0.15) is 5.56 Å². The Morgan fingerprint density at radius 1 is 0.903 bits per heavy atom. The minimum absolute atomic E-state index is 0.130. The first-order chi connectivity index (χ1) is 15.1. The van der Waals surface area contributed by atoms with Gasteiger partial charge in [-0.05, 0) is 30.3 Å². The molecule has 5 rings (SSSR count). The number of carbonyl (C=O) groups excluding carboxylic acids is 3. The van der Waals surface area contributed by atoms with E-state index in [2.05, 4.69) is 5.32 Å². The molecule has 1 saturated heterocycles. The molecule has 154 valence electrons. The average Bonchev–Trinajstić information content (AvgIpc) is 3.26. The van der Waals surface area contributed by atoms with Gasteiger partial charge in [0, 0.05) is 16.9 Å². The summed E-state index contributed by atoms with van der Waals surface area (Å²) >= 11 is 1.30. The SMILES string of the molecule is O=C(CN1C(=O)[C@@]2(SCC(=O)N2c2ccccc2)c2ccccc21)Nc1ccccc1. The van der Waals surface area contributed by atoms with Crippen LogP contribution < -0.4 is 15.1 Å². The van der Waals surface area contributed by atoms with Gasteiger partial charge in [0.05, 0.1) is 11.4 Å². The third kappa shape index (κ3) is 3.09. The fourth-order valence-electron chi connectivity index (χ4n) is 4.16. The number of carbonyl (C=O) groups is 3. The highest BCUT2D eigenvalue weighted by Gasteiger charge is 2.61. The van der Waals surface area contributed by atoms with Crippen molar-refractivity contribution in [1.29, 1.82) is 0 Å². The smallest absolute Gasteiger partial charge is 0.269 e. The van der Waals surface area contributed by atoms with Gasteiger partial charge in [-0.15, -0.1) is 11.8 Å². The predicted octanol–water partition coefficient (Wildman–Crippen LogP) is 3.60. The molecule has 2 aliphatic heterocycles. The maximum Gasteiger partial charge on any atom is 0.269 e. The van der Waals surface area contributed by atoms with Gasteiger partial charge in [-0.1, -0.05) is 54.6 Å². The number of amides is 3. The number of benzene rings is 3. The number of nitrogens with one attached hydrogen (secondary N) is 1. The summed E-state index contributed by atoms with van der Waals surface area (Å²) in [6, 6.07) is 25.7. The third-order valence-corrected chi connectivity index (χ3v) is 6.82. The molecule has 7 heteroatoms. The number of anilines is 3. The van der Waals surface area contributed by atoms with E-state index in [1.54, 1.807) is 17.0 Å². The highest BCUT2D eigenvalue weighted by molar-refractivity contribution is 8.02. The summed E-state index contributed by atoms with van der Waals surface area (Å²) in [5.41, 5.74) is 2.71. The normalized spacial score (nSPS) is 19.7. The van der Waals surface area contributed by atoms with Gasteiger partial charge in [-0.3, -0.25) is 24.2 Å². The van der Waals surface area contributed by atoms with E-state index < -0.39 is 4.87 Å². The molecule has 1 fully saturated rings. The standard InChI is InChI=1S/C24H19N3O3S/c28-21(25-17-9-3-1-4-10-17)15-26-20-14-8-7-13-19(20)24(23(26)30)27(22(29)16-31-24)18-11-5-2-6-12-18/h1-14H,15-16H2,(H,25,28)/t24-/m0/s1. The van der Waals surface area contributed by atoms with E-state index in [0.29, 0.717) is 17.1 Å². The molecule has 0 saturated carbocycles. The second kappa shape index (κ2) is 7.59. The monoisotopic (exact) mass is 429 g/mol. The number of fused-ring (bicyclic) bond motifs is 2. The molecule has 1 spiro atoms. The molecule has 3 amide bonds. The predicted molar refractivity (Wildman–Crippen MR) is 122 cm³/mol. The van der Waals surface area contributed by atoms with Crippen molar-refractivity contribution < 1.29 is 14.4 Å². The summed E-state index contributed by atoms with van der Waals surface area (Å²) in [7, 11) is 0. The van der Waals surface area contributed by atoms with Crippen LogP contribution in [-0.4, -0.2) is 30.0 Å². The zero-order valence-electron chi connectivity index (χ0n) is 16.5. The van der Waals surface area contributed by atoms with E-state index >= 15 is 0 Å². The molecular weight excluding hydrogens is 410 g/mol. The van der Waals surface area contributed by atoms with Crippen molar-refractivity contribution in [3.63, 3.8) is 0 Å². The van der Waals surface area contributed by atoms with E-state index in [4.69, 9.17) is 0 Å². The van der Waals surface area contributed by atoms with Crippen LogP contribution >= 0.6 is 11.8 Å². The Hall–Kier alpha value is -3.58. The first-order valence-corrected chi connectivity index (χ1v) is 10.9. The van der Waals surface area contributed by atoms with Crippen LogP contribution in [0.4, 0.5) is 17.1 Å². The summed E-state index contributed by atoms with van der Waals surface area (Å²) < 4.78 is 0. The zero-order chi connectivity index (χ0) is 21.4. The Morgan fingerprint density at radius 3 is 2.29 bits per heavy atom. The minimum Gasteiger partial charge on any atom is -0.325 e. The van der Waals surface area contributed by atoms with Gasteiger partial charge in [0.25, 0.3) is 5.91 Å². The Labute approximate surface area is 183 Å². The van der Waals surface area contributed by atoms with Gasteiger partial charge < -0.3 is 5.32 Å². The van der Waals surface area contributed by atoms with Crippen molar-refractivity contribution >= 4 is 46.5 Å². The Bertz CT molecular complexity index is 1170. The number of hydrogen-bond donors (Lipinski definition) is 1. The summed E-state index contributed by atoms with van der Waals surface area (Å²) in [6.07, 6.45) is 0. The molecule has 1 atom stereocenters. The van der Waals surface area contributed by atoms with Crippen LogP contribution in [0.3, 0.4) is 0 Å². The molecular formula is C24H19N3O3S. The summed E-state index contributed by atoms with van der Waals surface area (Å²) in [5.74, 6) is -0.516. The van der Waals surface area contributed by atoms with Crippen LogP contribution in [0.2, 0.25) is 0 Å². The van der Waals surface area contributed by atoms with Gasteiger partial charge in [-0.25, -0.2) is 0 Å². The van der Waals surface area contributed by atoms with Crippen molar-refractivity contribution in [3.8, 4) is 0 Å². The fourth-order valence-corrected chi connectivity index (χ4v) is 5.51. The molecule has 31 heavy (non-hydrogen) atoms. The van der Waals surface area contributed by atoms with Gasteiger partial charge in [0.1, 0.15) is 6.54 Å². The van der Waals surface area contributed by atoms with Crippen molar-refractivity contribution in [2.75, 3.05) is 27.4 Å². The highest BCUT2D eigenvalue weighted by Crippen LogP contribution is 2.55. The largest absolute Gasteiger partial charge is 0.325 e. The van der Waals surface area contributed by atoms with E-state index in [0.717, 1.165) is 5.56 Å². The lowest BCUT2D eigenvalue weighted by molar-refractivity contribution is -0.124. The van der Waals surface area contributed by atoms with Crippen LogP contribution in [-0.2, 0) is 19.3 Å². The average molecular weight is 430 g/mol. The van der Waals surface area contributed by atoms with E-state index in [1.165, 1.54) is 16.7 Å². The van der Waals surface area contributed by atoms with Crippen LogP contribution in [0, 0.1) is 0 Å². The van der Waals surface area contributed by atoms with Crippen molar-refractivity contribution in [3.05, 3.63) is 90.5 Å². The second-order valence-corrected chi connectivity index (χ2v) is 8.49. The van der Waals surface area contributed by atoms with Crippen molar-refractivity contribution in [2.24, 2.45) is 0 Å². The molecule has 6 nitrogen and oxygen atoms in total. The van der Waals surface area contributed by atoms with Crippen LogP contribution in [0.25, 0.3) is 0 Å². The molecule has 0 aliphatic carbocycles. The fraction of sp³-hybridized carbons (Fsp3) is 0.125. The van der Waals surface area contributed by atoms with Gasteiger partial charge in [0.15, 0.2) is 0 Å². The molecule has 0 unspecified atom stereocenters. The number of thioether (sulfide) groups is 1. The van der Waals surface area contributed by atoms with Gasteiger partial charge in [-0.2, -0.15) is 0 Å². The molecule has 1 N–H and O–H groups in total. The van der Waals surface area contributed by atoms with E-state index in [9.17, 15) is 14.4 Å². The lowest BCUT2D eigenvalue weighted by Crippen LogP contribution is -2.50. The topological polar surface area (TPSA) is 69.7 Å². The molecule has 2 heterocycles. The number of hydrogen-bond acceptors (Lipinski definition) is 4. The second-order valence-electron chi connectivity index (χ2n) is 7.32. The summed E-state index contributed by atoms with van der Waals surface area (Å²) in [4.78, 5) is 41.4. The highest BCUT2D eigenvalue weighted by atomic mass is 32.2. The molecule has 3 aromatic carbocycles. The van der Waals surface area contributed by atoms with Crippen LogP contribution in [0.15, 0.2) is 84.9 Å². The first kappa shape index (κ1) is 19.4. The van der Waals surface area contributed by atoms with E-state index in [1.807, 2.05) is 72.8 Å². The van der Waals surface area contributed by atoms with Crippen molar-refractivity contribution in [1.82, 2.24) is 0 Å². The quantitative estimate of drug-likeness (QED) is 0.688. The molecule has 2 aliphatic rings. The Morgan fingerprint density at radius 2 is 1.55 bits per heavy atom. The minimum atomic E-state index is -1.21. The number of rotatable bonds is 4. The maximum atomic E-state index is 13.8. The van der Waals surface area contributed by atoms with Gasteiger partial charge >= 0.3 is 0 Å². The molecule has 3 aromatic rings. The number of nitrogens with zero attached hydrogens (tertiary/aromatic N) is 2. The molecule has 0 aromatic heterocycles. The summed E-state index contributed by atoms with van der Waals surface area (Å²) in [5, 5.41) is 2.83. The lowest BCUT2D eigenvalue weighted by atomic mass is 10.0. The molecule has 0 bridgehead atoms. The Kier molecular flexibility index (Phi) is 4.75. The summed E-state index contributed by atoms with van der Waals surface area (Å²) in [6.45, 7) is -0.135. The lowest BCUT2D eigenvalue weighted by Gasteiger charge is -2.33. The van der Waals surface area contributed by atoms with Gasteiger partial charge in [0.2, 0.25) is 16.7 Å². The number of para-hydroxylation sites is 3. The van der Waals surface area contributed by atoms with Crippen molar-refractivity contribution in [2.45, 2.75) is 4.87 Å². The first-order valence-electron chi connectivity index (χ1n) is 9.90. The van der Waals surface area contributed by atoms with Crippen LogP contribution in [0.5, 0.6) is 0 Å². The third-order valence-electron chi connectivity index (χ3n) is 5.44. The zero-order valence-corrected chi connectivity index (χ0v) is 17.3. The Balaban J connectivity index is 1.53.